The predicted octanol–water partition coefficient (Wildman–Crippen LogP) is 13.1. The molecule has 11 aromatic rings. The molecule has 0 saturated heterocycles. The number of rotatable bonds is 4. The quantitative estimate of drug-likeness (QED) is 0.185. The van der Waals surface area contributed by atoms with Crippen LogP contribution in [-0.4, -0.2) is 15.0 Å². The fourth-order valence-electron chi connectivity index (χ4n) is 7.60. The third-order valence-corrected chi connectivity index (χ3v) is 11.2. The Balaban J connectivity index is 1.08. The van der Waals surface area contributed by atoms with Crippen LogP contribution in [0.5, 0.6) is 0 Å². The highest BCUT2D eigenvalue weighted by molar-refractivity contribution is 7.25. The summed E-state index contributed by atoms with van der Waals surface area (Å²) >= 11 is 1.80. The van der Waals surface area contributed by atoms with E-state index in [1.54, 1.807) is 11.3 Å². The molecule has 0 unspecified atom stereocenters. The SMILES string of the molecule is c1ccc2cc(-c3nc(-c4ccc(-c5cccc6oc7cc8ccccc8cc7c56)cc4)nc(-c4cccc5sc6ccccc6c45)n3)ccc2c1. The lowest BCUT2D eigenvalue weighted by molar-refractivity contribution is 0.669. The number of furan rings is 1. The first-order valence-electron chi connectivity index (χ1n) is 17.3. The second-order valence-electron chi connectivity index (χ2n) is 13.2. The van der Waals surface area contributed by atoms with Gasteiger partial charge < -0.3 is 4.42 Å². The molecule has 0 N–H and O–H groups in total. The average molecular weight is 682 g/mol. The molecular weight excluding hydrogens is 655 g/mol. The fourth-order valence-corrected chi connectivity index (χ4v) is 8.73. The van der Waals surface area contributed by atoms with Crippen molar-refractivity contribution in [2.24, 2.45) is 0 Å². The van der Waals surface area contributed by atoms with E-state index >= 15 is 0 Å². The van der Waals surface area contributed by atoms with Crippen LogP contribution in [0.1, 0.15) is 0 Å². The molecule has 0 radical (unpaired) electrons. The number of nitrogens with zero attached hydrogens (tertiary/aromatic N) is 3. The zero-order valence-corrected chi connectivity index (χ0v) is 28.6. The maximum atomic E-state index is 6.38. The normalized spacial score (nSPS) is 11.8. The van der Waals surface area contributed by atoms with Gasteiger partial charge in [0.2, 0.25) is 0 Å². The third-order valence-electron chi connectivity index (χ3n) is 10.1. The number of thiophene rings is 1. The molecule has 0 fully saturated rings. The maximum Gasteiger partial charge on any atom is 0.164 e. The summed E-state index contributed by atoms with van der Waals surface area (Å²) in [5.74, 6) is 1.94. The summed E-state index contributed by atoms with van der Waals surface area (Å²) in [6.07, 6.45) is 0. The number of aromatic nitrogens is 3. The Morgan fingerprint density at radius 3 is 1.83 bits per heavy atom. The Morgan fingerprint density at radius 2 is 0.981 bits per heavy atom. The molecule has 52 heavy (non-hydrogen) atoms. The summed E-state index contributed by atoms with van der Waals surface area (Å²) in [5, 5.41) is 9.31. The smallest absolute Gasteiger partial charge is 0.164 e. The van der Waals surface area contributed by atoms with Crippen LogP contribution in [0.25, 0.3) is 109 Å². The number of hydrogen-bond acceptors (Lipinski definition) is 5. The number of benzene rings is 8. The van der Waals surface area contributed by atoms with Gasteiger partial charge in [0.1, 0.15) is 11.2 Å². The first kappa shape index (κ1) is 29.1. The first-order valence-corrected chi connectivity index (χ1v) is 18.2. The van der Waals surface area contributed by atoms with Gasteiger partial charge in [-0.25, -0.2) is 15.0 Å². The van der Waals surface area contributed by atoms with Crippen molar-refractivity contribution in [2.75, 3.05) is 0 Å². The van der Waals surface area contributed by atoms with Gasteiger partial charge in [0.25, 0.3) is 0 Å². The number of hydrogen-bond donors (Lipinski definition) is 0. The summed E-state index contributed by atoms with van der Waals surface area (Å²) in [6.45, 7) is 0. The Labute approximate surface area is 302 Å². The maximum absolute atomic E-state index is 6.38. The Kier molecular flexibility index (Phi) is 6.39. The molecule has 4 nitrogen and oxygen atoms in total. The Morgan fingerprint density at radius 1 is 0.365 bits per heavy atom. The monoisotopic (exact) mass is 681 g/mol. The molecule has 0 spiro atoms. The van der Waals surface area contributed by atoms with Crippen molar-refractivity contribution in [3.8, 4) is 45.3 Å². The van der Waals surface area contributed by atoms with E-state index in [1.807, 2.05) is 0 Å². The van der Waals surface area contributed by atoms with Crippen LogP contribution < -0.4 is 0 Å². The van der Waals surface area contributed by atoms with Gasteiger partial charge in [-0.15, -0.1) is 11.3 Å². The topological polar surface area (TPSA) is 51.8 Å². The van der Waals surface area contributed by atoms with E-state index < -0.39 is 0 Å². The van der Waals surface area contributed by atoms with Gasteiger partial charge in [-0.05, 0) is 69.1 Å². The van der Waals surface area contributed by atoms with Crippen LogP contribution in [0.2, 0.25) is 0 Å². The van der Waals surface area contributed by atoms with Crippen LogP contribution in [-0.2, 0) is 0 Å². The molecule has 242 valence electrons. The van der Waals surface area contributed by atoms with E-state index in [-0.39, 0.29) is 0 Å². The molecule has 3 aromatic heterocycles. The van der Waals surface area contributed by atoms with Crippen molar-refractivity contribution in [1.29, 1.82) is 0 Å². The van der Waals surface area contributed by atoms with Gasteiger partial charge in [0, 0.05) is 47.6 Å². The summed E-state index contributed by atoms with van der Waals surface area (Å²) in [4.78, 5) is 15.5. The van der Waals surface area contributed by atoms with Crippen LogP contribution in [0.15, 0.2) is 168 Å². The zero-order chi connectivity index (χ0) is 34.2. The van der Waals surface area contributed by atoms with Crippen molar-refractivity contribution < 1.29 is 4.42 Å². The van der Waals surface area contributed by atoms with Gasteiger partial charge in [-0.1, -0.05) is 127 Å². The molecule has 3 heterocycles. The predicted molar refractivity (Wildman–Crippen MR) is 217 cm³/mol. The summed E-state index contributed by atoms with van der Waals surface area (Å²) in [7, 11) is 0. The van der Waals surface area contributed by atoms with Crippen LogP contribution >= 0.6 is 11.3 Å². The minimum absolute atomic E-state index is 0.634. The molecule has 11 rings (SSSR count). The van der Waals surface area contributed by atoms with Gasteiger partial charge in [0.05, 0.1) is 0 Å². The summed E-state index contributed by atoms with van der Waals surface area (Å²) < 4.78 is 8.84. The van der Waals surface area contributed by atoms with E-state index in [2.05, 4.69) is 164 Å². The van der Waals surface area contributed by atoms with Crippen molar-refractivity contribution in [1.82, 2.24) is 15.0 Å². The molecule has 0 aliphatic heterocycles. The van der Waals surface area contributed by atoms with Crippen molar-refractivity contribution in [3.05, 3.63) is 164 Å². The molecule has 0 aliphatic carbocycles. The van der Waals surface area contributed by atoms with E-state index in [4.69, 9.17) is 19.4 Å². The summed E-state index contributed by atoms with van der Waals surface area (Å²) in [6, 6.07) is 57.4. The van der Waals surface area contributed by atoms with Gasteiger partial charge >= 0.3 is 0 Å². The molecule has 0 bridgehead atoms. The standard InChI is InChI=1S/C47H27N3OS/c1-2-10-31-25-34(24-19-28(31)9-1)46-48-45(49-47(50-46)37-15-8-18-42-44(37)36-13-5-6-17-41(36)52-42)30-22-20-29(21-23-30)35-14-7-16-39-43(35)38-26-32-11-3-4-12-33(32)27-40(38)51-39/h1-27H. The van der Waals surface area contributed by atoms with Crippen molar-refractivity contribution in [2.45, 2.75) is 0 Å². The van der Waals surface area contributed by atoms with Crippen LogP contribution in [0.4, 0.5) is 0 Å². The van der Waals surface area contributed by atoms with Crippen LogP contribution in [0.3, 0.4) is 0 Å². The Hall–Kier alpha value is -6.69. The van der Waals surface area contributed by atoms with Gasteiger partial charge in [-0.3, -0.25) is 0 Å². The zero-order valence-electron chi connectivity index (χ0n) is 27.7. The van der Waals surface area contributed by atoms with E-state index in [9.17, 15) is 0 Å². The van der Waals surface area contributed by atoms with E-state index in [1.165, 1.54) is 36.3 Å². The molecule has 0 saturated carbocycles. The molecule has 8 aromatic carbocycles. The van der Waals surface area contributed by atoms with E-state index in [0.29, 0.717) is 17.5 Å². The fraction of sp³-hybridized carbons (Fsp3) is 0. The lowest BCUT2D eigenvalue weighted by Crippen LogP contribution is -2.00. The second-order valence-corrected chi connectivity index (χ2v) is 14.3. The van der Waals surface area contributed by atoms with Crippen LogP contribution in [0, 0.1) is 0 Å². The highest BCUT2D eigenvalue weighted by Gasteiger charge is 2.18. The second kappa shape index (κ2) is 11.4. The highest BCUT2D eigenvalue weighted by Crippen LogP contribution is 2.41. The first-order chi connectivity index (χ1) is 25.7. The molecule has 0 aliphatic rings. The lowest BCUT2D eigenvalue weighted by Gasteiger charge is -2.11. The van der Waals surface area contributed by atoms with Crippen molar-refractivity contribution in [3.63, 3.8) is 0 Å². The molecule has 0 amide bonds. The minimum Gasteiger partial charge on any atom is -0.456 e. The highest BCUT2D eigenvalue weighted by atomic mass is 32.1. The minimum atomic E-state index is 0.634. The van der Waals surface area contributed by atoms with Gasteiger partial charge in [-0.2, -0.15) is 0 Å². The molecule has 5 heteroatoms. The van der Waals surface area contributed by atoms with Gasteiger partial charge in [0.15, 0.2) is 17.5 Å². The third kappa shape index (κ3) is 4.64. The Bertz CT molecular complexity index is 3190. The summed E-state index contributed by atoms with van der Waals surface area (Å²) in [5.41, 5.74) is 6.88. The number of fused-ring (bicyclic) bond motifs is 8. The lowest BCUT2D eigenvalue weighted by atomic mass is 9.97. The molecular formula is C47H27N3OS. The van der Waals surface area contributed by atoms with E-state index in [0.717, 1.165) is 55.1 Å². The largest absolute Gasteiger partial charge is 0.456 e. The van der Waals surface area contributed by atoms with Crippen molar-refractivity contribution >= 4 is 75.0 Å². The average Bonchev–Trinajstić information content (AvgIpc) is 3.77. The molecule has 0 atom stereocenters.